The van der Waals surface area contributed by atoms with Gasteiger partial charge in [-0.3, -0.25) is 0 Å². The van der Waals surface area contributed by atoms with Gasteiger partial charge in [0, 0.05) is 24.2 Å². The summed E-state index contributed by atoms with van der Waals surface area (Å²) in [5.74, 6) is 0.962. The van der Waals surface area contributed by atoms with Crippen LogP contribution in [-0.2, 0) is 16.6 Å². The molecule has 0 saturated heterocycles. The number of carboxylic acids is 1. The lowest BCUT2D eigenvalue weighted by molar-refractivity contribution is -0.132. The lowest BCUT2D eigenvalue weighted by Gasteiger charge is -2.46. The largest absolute Gasteiger partial charge is 0.477 e. The van der Waals surface area contributed by atoms with Gasteiger partial charge in [0.2, 0.25) is 0 Å². The number of hydrogen-bond donors (Lipinski definition) is 1. The van der Waals surface area contributed by atoms with E-state index >= 15 is 0 Å². The van der Waals surface area contributed by atoms with Crippen molar-refractivity contribution < 1.29 is 9.90 Å². The van der Waals surface area contributed by atoms with E-state index in [0.717, 1.165) is 50.6 Å². The van der Waals surface area contributed by atoms with E-state index in [1.165, 1.54) is 61.8 Å². The first-order valence-electron chi connectivity index (χ1n) is 14.0. The zero-order valence-electron chi connectivity index (χ0n) is 22.5. The Morgan fingerprint density at radius 2 is 1.80 bits per heavy atom. The topological polar surface area (TPSA) is 64.3 Å². The van der Waals surface area contributed by atoms with E-state index in [2.05, 4.69) is 50.8 Å². The number of hydrogen-bond acceptors (Lipinski definition) is 3. The summed E-state index contributed by atoms with van der Waals surface area (Å²) < 4.78 is 0. The van der Waals surface area contributed by atoms with Crippen molar-refractivity contribution in [3.8, 4) is 6.07 Å². The lowest BCUT2D eigenvalue weighted by Crippen LogP contribution is -2.43. The van der Waals surface area contributed by atoms with Crippen molar-refractivity contribution in [3.05, 3.63) is 41.0 Å². The van der Waals surface area contributed by atoms with Gasteiger partial charge < -0.3 is 10.0 Å². The van der Waals surface area contributed by atoms with Crippen molar-refractivity contribution in [1.82, 2.24) is 0 Å². The van der Waals surface area contributed by atoms with Crippen LogP contribution in [0.25, 0.3) is 0 Å². The van der Waals surface area contributed by atoms with Gasteiger partial charge >= 0.3 is 5.97 Å². The number of nitriles is 1. The molecule has 35 heavy (non-hydrogen) atoms. The van der Waals surface area contributed by atoms with Crippen LogP contribution in [0.4, 0.5) is 5.69 Å². The molecule has 4 nitrogen and oxygen atoms in total. The standard InChI is InChI=1S/C31H46N2O2/c1-5-23(2)10-6-11-24(3)12-7-13-25(4)20-31(21-27(22-32)30(34)35)17-19-33-18-9-15-26-14-8-16-28(31)29(26)33/h8,14,16,21,23-25H,5-7,9-13,15,17-20H2,1-4H3,(H,34,35)/b27-21+. The smallest absolute Gasteiger partial charge is 0.346 e. The second-order valence-corrected chi connectivity index (χ2v) is 11.6. The van der Waals surface area contributed by atoms with Crippen molar-refractivity contribution in [3.63, 3.8) is 0 Å². The highest BCUT2D eigenvalue weighted by molar-refractivity contribution is 5.91. The second-order valence-electron chi connectivity index (χ2n) is 11.6. The van der Waals surface area contributed by atoms with Crippen LogP contribution in [0.15, 0.2) is 29.8 Å². The summed E-state index contributed by atoms with van der Waals surface area (Å²) in [6.45, 7) is 11.3. The molecule has 1 aromatic carbocycles. The Morgan fingerprint density at radius 1 is 1.11 bits per heavy atom. The summed E-state index contributed by atoms with van der Waals surface area (Å²) >= 11 is 0. The highest BCUT2D eigenvalue weighted by atomic mass is 16.4. The number of para-hydroxylation sites is 1. The molecular weight excluding hydrogens is 432 g/mol. The van der Waals surface area contributed by atoms with Gasteiger partial charge in [0.15, 0.2) is 0 Å². The van der Waals surface area contributed by atoms with Gasteiger partial charge in [-0.1, -0.05) is 90.8 Å². The monoisotopic (exact) mass is 478 g/mol. The molecule has 4 atom stereocenters. The summed E-state index contributed by atoms with van der Waals surface area (Å²) in [6.07, 6.45) is 14.7. The zero-order valence-corrected chi connectivity index (χ0v) is 22.5. The number of anilines is 1. The molecule has 0 fully saturated rings. The Morgan fingerprint density at radius 3 is 2.46 bits per heavy atom. The molecule has 4 heteroatoms. The zero-order chi connectivity index (χ0) is 25.4. The molecule has 2 aliphatic rings. The maximum absolute atomic E-state index is 11.8. The van der Waals surface area contributed by atoms with Crippen LogP contribution in [0.1, 0.15) is 103 Å². The first kappa shape index (κ1) is 27.3. The maximum atomic E-state index is 11.8. The van der Waals surface area contributed by atoms with Crippen LogP contribution in [-0.4, -0.2) is 24.2 Å². The van der Waals surface area contributed by atoms with Gasteiger partial charge in [0.25, 0.3) is 0 Å². The summed E-state index contributed by atoms with van der Waals surface area (Å²) in [4.78, 5) is 14.3. The second kappa shape index (κ2) is 12.6. The van der Waals surface area contributed by atoms with E-state index in [9.17, 15) is 15.2 Å². The van der Waals surface area contributed by atoms with Crippen LogP contribution in [0.3, 0.4) is 0 Å². The first-order valence-corrected chi connectivity index (χ1v) is 14.0. The third-order valence-electron chi connectivity index (χ3n) is 8.64. The summed E-state index contributed by atoms with van der Waals surface area (Å²) in [6, 6.07) is 8.51. The highest BCUT2D eigenvalue weighted by Crippen LogP contribution is 2.49. The third kappa shape index (κ3) is 6.90. The van der Waals surface area contributed by atoms with Gasteiger partial charge in [-0.05, 0) is 60.6 Å². The predicted octanol–water partition coefficient (Wildman–Crippen LogP) is 7.66. The molecule has 3 rings (SSSR count). The predicted molar refractivity (Wildman–Crippen MR) is 145 cm³/mol. The average molecular weight is 479 g/mol. The van der Waals surface area contributed by atoms with E-state index in [1.807, 2.05) is 12.1 Å². The van der Waals surface area contributed by atoms with Crippen molar-refractivity contribution in [2.75, 3.05) is 18.0 Å². The number of carboxylic acid groups (broad SMARTS) is 1. The molecular formula is C31H46N2O2. The third-order valence-corrected chi connectivity index (χ3v) is 8.64. The van der Waals surface area contributed by atoms with Crippen molar-refractivity contribution >= 4 is 11.7 Å². The molecule has 192 valence electrons. The number of aliphatic carboxylic acids is 1. The Kier molecular flexibility index (Phi) is 9.84. The molecule has 0 saturated carbocycles. The van der Waals surface area contributed by atoms with Crippen LogP contribution < -0.4 is 4.90 Å². The molecule has 0 aliphatic carbocycles. The number of allylic oxidation sites excluding steroid dienone is 1. The quantitative estimate of drug-likeness (QED) is 0.233. The van der Waals surface area contributed by atoms with Crippen LogP contribution in [0.5, 0.6) is 0 Å². The average Bonchev–Trinajstić information content (AvgIpc) is 2.84. The summed E-state index contributed by atoms with van der Waals surface area (Å²) in [7, 11) is 0. The lowest BCUT2D eigenvalue weighted by atomic mass is 9.66. The minimum Gasteiger partial charge on any atom is -0.477 e. The van der Waals surface area contributed by atoms with Gasteiger partial charge in [0.1, 0.15) is 11.6 Å². The highest BCUT2D eigenvalue weighted by Gasteiger charge is 2.41. The SMILES string of the molecule is CCC(C)CCCC(C)CCCC(C)CC1(/C=C(\C#N)C(=O)O)CCN2CCCc3cccc1c32. The summed E-state index contributed by atoms with van der Waals surface area (Å²) in [5, 5.41) is 19.3. The molecule has 4 unspecified atom stereocenters. The van der Waals surface area contributed by atoms with Gasteiger partial charge in [-0.2, -0.15) is 5.26 Å². The van der Waals surface area contributed by atoms with Crippen LogP contribution >= 0.6 is 0 Å². The Bertz CT molecular complexity index is 930. The molecule has 1 aromatic rings. The van der Waals surface area contributed by atoms with Crippen molar-refractivity contribution in [2.45, 2.75) is 104 Å². The van der Waals surface area contributed by atoms with E-state index in [4.69, 9.17) is 0 Å². The van der Waals surface area contributed by atoms with Crippen LogP contribution in [0.2, 0.25) is 0 Å². The van der Waals surface area contributed by atoms with Gasteiger partial charge in [-0.25, -0.2) is 4.79 Å². The molecule has 0 radical (unpaired) electrons. The molecule has 0 spiro atoms. The molecule has 0 aromatic heterocycles. The van der Waals surface area contributed by atoms with Crippen molar-refractivity contribution in [2.24, 2.45) is 17.8 Å². The van der Waals surface area contributed by atoms with E-state index in [-0.39, 0.29) is 11.0 Å². The fourth-order valence-corrected chi connectivity index (χ4v) is 6.37. The fraction of sp³-hybridized carbons (Fsp3) is 0.677. The van der Waals surface area contributed by atoms with E-state index in [0.29, 0.717) is 5.92 Å². The van der Waals surface area contributed by atoms with Crippen molar-refractivity contribution in [1.29, 1.82) is 5.26 Å². The number of nitrogens with zero attached hydrogens (tertiary/aromatic N) is 2. The number of aryl methyl sites for hydroxylation is 1. The first-order chi connectivity index (χ1) is 16.8. The minimum atomic E-state index is -1.11. The molecule has 2 heterocycles. The Hall–Kier alpha value is -2.28. The van der Waals surface area contributed by atoms with Gasteiger partial charge in [0.05, 0.1) is 0 Å². The fourth-order valence-electron chi connectivity index (χ4n) is 6.37. The number of benzene rings is 1. The number of rotatable bonds is 13. The maximum Gasteiger partial charge on any atom is 0.346 e. The van der Waals surface area contributed by atoms with Gasteiger partial charge in [-0.15, -0.1) is 0 Å². The summed E-state index contributed by atoms with van der Waals surface area (Å²) in [5.41, 5.74) is 3.42. The molecule has 1 N–H and O–H groups in total. The van der Waals surface area contributed by atoms with E-state index < -0.39 is 5.97 Å². The molecule has 0 bridgehead atoms. The Balaban J connectivity index is 1.73. The molecule has 0 amide bonds. The number of carbonyl (C=O) groups is 1. The molecule has 2 aliphatic heterocycles. The van der Waals surface area contributed by atoms with E-state index in [1.54, 1.807) is 0 Å². The minimum absolute atomic E-state index is 0.117. The van der Waals surface area contributed by atoms with Crippen LogP contribution in [0, 0.1) is 29.1 Å². The normalized spacial score (nSPS) is 22.1. The Labute approximate surface area is 213 Å².